The number of amides is 1. The predicted octanol–water partition coefficient (Wildman–Crippen LogP) is 2.19. The third-order valence-electron chi connectivity index (χ3n) is 4.40. The third-order valence-corrected chi connectivity index (χ3v) is 4.40. The molecule has 128 valence electrons. The molecule has 0 unspecified atom stereocenters. The Balaban J connectivity index is 1.66. The summed E-state index contributed by atoms with van der Waals surface area (Å²) >= 11 is 0. The first-order valence-corrected chi connectivity index (χ1v) is 8.60. The van der Waals surface area contributed by atoms with Gasteiger partial charge >= 0.3 is 0 Å². The van der Waals surface area contributed by atoms with Gasteiger partial charge in [-0.1, -0.05) is 0 Å². The Hall–Kier alpha value is -2.44. The summed E-state index contributed by atoms with van der Waals surface area (Å²) in [6.45, 7) is 4.43. The molecule has 1 amide bonds. The normalized spacial score (nSPS) is 17.7. The highest BCUT2D eigenvalue weighted by Gasteiger charge is 2.27. The van der Waals surface area contributed by atoms with Gasteiger partial charge in [0.2, 0.25) is 5.95 Å². The Morgan fingerprint density at radius 2 is 2.17 bits per heavy atom. The number of piperidine rings is 1. The maximum Gasteiger partial charge on any atom is 0.257 e. The van der Waals surface area contributed by atoms with E-state index < -0.39 is 0 Å². The number of carbonyl (C=O) groups is 1. The van der Waals surface area contributed by atoms with Crippen LogP contribution in [0.4, 0.5) is 5.95 Å². The summed E-state index contributed by atoms with van der Waals surface area (Å²) in [7, 11) is 0. The number of imidazole rings is 1. The quantitative estimate of drug-likeness (QED) is 0.879. The molecule has 0 aromatic carbocycles. The van der Waals surface area contributed by atoms with Gasteiger partial charge in [-0.3, -0.25) is 4.79 Å². The Labute approximate surface area is 142 Å². The highest BCUT2D eigenvalue weighted by Crippen LogP contribution is 2.22. The molecule has 0 bridgehead atoms. The van der Waals surface area contributed by atoms with Crippen molar-refractivity contribution in [2.45, 2.75) is 45.2 Å². The smallest absolute Gasteiger partial charge is 0.257 e. The largest absolute Gasteiger partial charge is 0.355 e. The van der Waals surface area contributed by atoms with Crippen molar-refractivity contribution in [2.75, 3.05) is 18.4 Å². The Kier molecular flexibility index (Phi) is 5.40. The number of nitrogens with zero attached hydrogens (tertiary/aromatic N) is 5. The summed E-state index contributed by atoms with van der Waals surface area (Å²) in [5.74, 6) is 0.595. The second kappa shape index (κ2) is 7.90. The molecule has 0 radical (unpaired) electrons. The number of rotatable bonds is 6. The van der Waals surface area contributed by atoms with Crippen molar-refractivity contribution in [3.8, 4) is 0 Å². The fourth-order valence-electron chi connectivity index (χ4n) is 3.14. The number of aromatic nitrogens is 4. The average Bonchev–Trinajstić information content (AvgIpc) is 3.14. The van der Waals surface area contributed by atoms with Gasteiger partial charge in [0.1, 0.15) is 0 Å². The predicted molar refractivity (Wildman–Crippen MR) is 91.7 cm³/mol. The third kappa shape index (κ3) is 3.90. The van der Waals surface area contributed by atoms with Gasteiger partial charge in [-0.05, 0) is 32.6 Å². The zero-order valence-corrected chi connectivity index (χ0v) is 14.1. The van der Waals surface area contributed by atoms with Gasteiger partial charge in [0.25, 0.3) is 5.91 Å². The first-order chi connectivity index (χ1) is 11.8. The molecule has 3 rings (SSSR count). The fraction of sp³-hybridized carbons (Fsp3) is 0.529. The topological polar surface area (TPSA) is 75.9 Å². The summed E-state index contributed by atoms with van der Waals surface area (Å²) in [5.41, 5.74) is 0.561. The molecule has 7 nitrogen and oxygen atoms in total. The van der Waals surface area contributed by atoms with Crippen LogP contribution in [0, 0.1) is 0 Å². The molecule has 2 aromatic rings. The molecule has 7 heteroatoms. The van der Waals surface area contributed by atoms with Crippen LogP contribution in [0.3, 0.4) is 0 Å². The molecule has 2 aromatic heterocycles. The fourth-order valence-corrected chi connectivity index (χ4v) is 3.14. The molecule has 1 aliphatic heterocycles. The summed E-state index contributed by atoms with van der Waals surface area (Å²) < 4.78 is 2.06. The van der Waals surface area contributed by atoms with Crippen LogP contribution in [0.25, 0.3) is 0 Å². The van der Waals surface area contributed by atoms with Crippen LogP contribution in [0.1, 0.15) is 43.0 Å². The lowest BCUT2D eigenvalue weighted by atomic mass is 9.98. The Morgan fingerprint density at radius 1 is 1.33 bits per heavy atom. The van der Waals surface area contributed by atoms with Crippen molar-refractivity contribution < 1.29 is 4.79 Å². The highest BCUT2D eigenvalue weighted by molar-refractivity contribution is 5.94. The van der Waals surface area contributed by atoms with Crippen molar-refractivity contribution in [1.29, 1.82) is 0 Å². The molecular weight excluding hydrogens is 304 g/mol. The lowest BCUT2D eigenvalue weighted by Crippen LogP contribution is -2.44. The van der Waals surface area contributed by atoms with Crippen LogP contribution >= 0.6 is 0 Å². The number of aryl methyl sites for hydroxylation is 1. The number of anilines is 1. The van der Waals surface area contributed by atoms with Gasteiger partial charge in [-0.25, -0.2) is 15.0 Å². The molecule has 3 heterocycles. The van der Waals surface area contributed by atoms with Gasteiger partial charge in [-0.2, -0.15) is 0 Å². The van der Waals surface area contributed by atoms with Crippen molar-refractivity contribution in [2.24, 2.45) is 0 Å². The number of likely N-dealkylation sites (tertiary alicyclic amines) is 1. The van der Waals surface area contributed by atoms with E-state index in [1.807, 2.05) is 24.3 Å². The van der Waals surface area contributed by atoms with Crippen LogP contribution in [0.15, 0.2) is 31.1 Å². The molecule has 0 spiro atoms. The van der Waals surface area contributed by atoms with Gasteiger partial charge in [0.05, 0.1) is 11.9 Å². The van der Waals surface area contributed by atoms with E-state index in [0.29, 0.717) is 11.5 Å². The number of nitrogens with one attached hydrogen (secondary N) is 1. The minimum Gasteiger partial charge on any atom is -0.355 e. The monoisotopic (exact) mass is 328 g/mol. The second-order valence-corrected chi connectivity index (χ2v) is 6.06. The summed E-state index contributed by atoms with van der Waals surface area (Å²) in [4.78, 5) is 27.3. The first-order valence-electron chi connectivity index (χ1n) is 8.60. The Bertz CT molecular complexity index is 640. The van der Waals surface area contributed by atoms with E-state index in [9.17, 15) is 4.79 Å². The van der Waals surface area contributed by atoms with Gasteiger partial charge in [0.15, 0.2) is 0 Å². The van der Waals surface area contributed by atoms with E-state index in [-0.39, 0.29) is 11.9 Å². The van der Waals surface area contributed by atoms with Crippen molar-refractivity contribution in [1.82, 2.24) is 24.4 Å². The van der Waals surface area contributed by atoms with Crippen molar-refractivity contribution in [3.63, 3.8) is 0 Å². The SMILES string of the molecule is CCNc1ncc(C(=O)N2CCCC[C@@H]2CCn2ccnc2)cn1. The molecular formula is C17H24N6O. The second-order valence-electron chi connectivity index (χ2n) is 6.06. The standard InChI is InChI=1S/C17H24N6O/c1-2-19-17-20-11-14(12-21-17)16(24)23-8-4-3-5-15(23)6-9-22-10-7-18-13-22/h7,10-13,15H,2-6,8-9H2,1H3,(H,19,20,21)/t15-/m1/s1. The minimum atomic E-state index is 0.0355. The molecule has 0 saturated carbocycles. The van der Waals surface area contributed by atoms with E-state index in [2.05, 4.69) is 24.8 Å². The first kappa shape index (κ1) is 16.4. The summed E-state index contributed by atoms with van der Waals surface area (Å²) in [6.07, 6.45) is 13.0. The van der Waals surface area contributed by atoms with Crippen LogP contribution in [-0.4, -0.2) is 49.5 Å². The lowest BCUT2D eigenvalue weighted by Gasteiger charge is -2.36. The Morgan fingerprint density at radius 3 is 2.88 bits per heavy atom. The molecule has 0 aliphatic carbocycles. The van der Waals surface area contributed by atoms with E-state index in [4.69, 9.17) is 0 Å². The number of hydrogen-bond acceptors (Lipinski definition) is 5. The number of hydrogen-bond donors (Lipinski definition) is 1. The zero-order valence-electron chi connectivity index (χ0n) is 14.1. The minimum absolute atomic E-state index is 0.0355. The molecule has 1 saturated heterocycles. The van der Waals surface area contributed by atoms with Crippen LogP contribution in [0.2, 0.25) is 0 Å². The van der Waals surface area contributed by atoms with E-state index >= 15 is 0 Å². The molecule has 1 N–H and O–H groups in total. The van der Waals surface area contributed by atoms with Crippen LogP contribution < -0.4 is 5.32 Å². The number of carbonyl (C=O) groups excluding carboxylic acids is 1. The molecule has 24 heavy (non-hydrogen) atoms. The van der Waals surface area contributed by atoms with E-state index in [0.717, 1.165) is 38.9 Å². The highest BCUT2D eigenvalue weighted by atomic mass is 16.2. The summed E-state index contributed by atoms with van der Waals surface area (Å²) in [5, 5.41) is 3.04. The molecule has 1 atom stereocenters. The van der Waals surface area contributed by atoms with Crippen LogP contribution in [0.5, 0.6) is 0 Å². The average molecular weight is 328 g/mol. The zero-order chi connectivity index (χ0) is 16.8. The van der Waals surface area contributed by atoms with Gasteiger partial charge < -0.3 is 14.8 Å². The van der Waals surface area contributed by atoms with E-state index in [1.165, 1.54) is 6.42 Å². The molecule has 1 fully saturated rings. The summed E-state index contributed by atoms with van der Waals surface area (Å²) in [6, 6.07) is 0.266. The molecule has 1 aliphatic rings. The van der Waals surface area contributed by atoms with Crippen molar-refractivity contribution in [3.05, 3.63) is 36.7 Å². The van der Waals surface area contributed by atoms with Gasteiger partial charge in [-0.15, -0.1) is 0 Å². The van der Waals surface area contributed by atoms with Gasteiger partial charge in [0, 0.05) is 50.5 Å². The maximum absolute atomic E-state index is 12.8. The van der Waals surface area contributed by atoms with Crippen LogP contribution in [-0.2, 0) is 6.54 Å². The van der Waals surface area contributed by atoms with E-state index in [1.54, 1.807) is 18.6 Å². The lowest BCUT2D eigenvalue weighted by molar-refractivity contribution is 0.0594. The van der Waals surface area contributed by atoms with Crippen molar-refractivity contribution >= 4 is 11.9 Å². The maximum atomic E-state index is 12.8.